The number of ether oxygens (including phenoxy) is 2. The van der Waals surface area contributed by atoms with Gasteiger partial charge >= 0.3 is 0 Å². The van der Waals surface area contributed by atoms with Gasteiger partial charge in [-0.1, -0.05) is 23.9 Å². The smallest absolute Gasteiger partial charge is 0.267 e. The van der Waals surface area contributed by atoms with Gasteiger partial charge in [-0.2, -0.15) is 0 Å². The number of fused-ring (bicyclic) bond motifs is 1. The lowest BCUT2D eigenvalue weighted by molar-refractivity contribution is -0.143. The topological polar surface area (TPSA) is 87.8 Å². The molecule has 1 aromatic heterocycles. The van der Waals surface area contributed by atoms with Crippen molar-refractivity contribution in [2.75, 3.05) is 39.0 Å². The molecule has 4 rings (SSSR count). The number of aromatic amines is 1. The minimum atomic E-state index is -0.611. The van der Waals surface area contributed by atoms with Crippen LogP contribution in [0.25, 0.3) is 0 Å². The lowest BCUT2D eigenvalue weighted by Crippen LogP contribution is -2.53. The number of thioether (sulfide) groups is 1. The van der Waals surface area contributed by atoms with E-state index in [4.69, 9.17) is 9.47 Å². The highest BCUT2D eigenvalue weighted by Crippen LogP contribution is 2.31. The van der Waals surface area contributed by atoms with Crippen molar-refractivity contribution in [3.05, 3.63) is 46.4 Å². The van der Waals surface area contributed by atoms with Crippen molar-refractivity contribution in [2.45, 2.75) is 17.8 Å². The molecular formula is C19H22N4O4S. The molecule has 2 aliphatic heterocycles. The Hall–Kier alpha value is -2.52. The van der Waals surface area contributed by atoms with E-state index in [9.17, 15) is 9.59 Å². The molecule has 0 saturated carbocycles. The van der Waals surface area contributed by atoms with Gasteiger partial charge in [0.15, 0.2) is 16.7 Å². The fourth-order valence-electron chi connectivity index (χ4n) is 3.36. The summed E-state index contributed by atoms with van der Waals surface area (Å²) in [5, 5.41) is 0.617. The Kier molecular flexibility index (Phi) is 5.54. The number of nitrogens with zero attached hydrogens (tertiary/aromatic N) is 3. The molecule has 0 aliphatic carbocycles. The quantitative estimate of drug-likeness (QED) is 0.602. The Morgan fingerprint density at radius 1 is 1.25 bits per heavy atom. The van der Waals surface area contributed by atoms with Crippen LogP contribution in [0.2, 0.25) is 0 Å². The van der Waals surface area contributed by atoms with E-state index in [1.807, 2.05) is 35.4 Å². The van der Waals surface area contributed by atoms with Crippen LogP contribution in [0.4, 0.5) is 0 Å². The highest BCUT2D eigenvalue weighted by Gasteiger charge is 2.32. The maximum absolute atomic E-state index is 12.8. The lowest BCUT2D eigenvalue weighted by Gasteiger charge is -2.37. The Labute approximate surface area is 166 Å². The third-order valence-corrected chi connectivity index (χ3v) is 5.40. The van der Waals surface area contributed by atoms with Crippen molar-refractivity contribution in [1.82, 2.24) is 19.8 Å². The van der Waals surface area contributed by atoms with E-state index in [2.05, 4.69) is 14.9 Å². The van der Waals surface area contributed by atoms with Gasteiger partial charge in [0, 0.05) is 38.8 Å². The summed E-state index contributed by atoms with van der Waals surface area (Å²) in [6.07, 6.45) is 1.27. The fourth-order valence-corrected chi connectivity index (χ4v) is 3.77. The largest absolute Gasteiger partial charge is 0.485 e. The summed E-state index contributed by atoms with van der Waals surface area (Å²) in [4.78, 5) is 35.7. The number of amides is 1. The number of benzene rings is 1. The average molecular weight is 402 g/mol. The fraction of sp³-hybridized carbons (Fsp3) is 0.421. The number of hydrogen-bond donors (Lipinski definition) is 1. The molecule has 9 heteroatoms. The van der Waals surface area contributed by atoms with Crippen LogP contribution < -0.4 is 15.0 Å². The van der Waals surface area contributed by atoms with Gasteiger partial charge in [0.05, 0.1) is 5.69 Å². The van der Waals surface area contributed by atoms with E-state index in [1.165, 1.54) is 17.8 Å². The Bertz CT molecular complexity index is 911. The van der Waals surface area contributed by atoms with Crippen LogP contribution in [-0.2, 0) is 11.3 Å². The minimum Gasteiger partial charge on any atom is -0.485 e. The summed E-state index contributed by atoms with van der Waals surface area (Å²) in [6, 6.07) is 8.91. The molecule has 8 nitrogen and oxygen atoms in total. The van der Waals surface area contributed by atoms with Crippen LogP contribution in [0.5, 0.6) is 11.5 Å². The van der Waals surface area contributed by atoms with E-state index >= 15 is 0 Å². The van der Waals surface area contributed by atoms with Gasteiger partial charge in [-0.3, -0.25) is 14.5 Å². The summed E-state index contributed by atoms with van der Waals surface area (Å²) < 4.78 is 11.5. The number of carbonyl (C=O) groups excluding carboxylic acids is 1. The molecular weight excluding hydrogens is 380 g/mol. The third-order valence-electron chi connectivity index (χ3n) is 4.82. The zero-order valence-corrected chi connectivity index (χ0v) is 16.4. The predicted molar refractivity (Wildman–Crippen MR) is 105 cm³/mol. The number of piperazine rings is 1. The molecule has 3 heterocycles. The van der Waals surface area contributed by atoms with Gasteiger partial charge in [0.1, 0.15) is 6.61 Å². The maximum atomic E-state index is 12.8. The van der Waals surface area contributed by atoms with Gasteiger partial charge in [0.2, 0.25) is 6.10 Å². The van der Waals surface area contributed by atoms with Crippen molar-refractivity contribution >= 4 is 17.7 Å². The molecule has 2 aliphatic rings. The molecule has 1 amide bonds. The summed E-state index contributed by atoms with van der Waals surface area (Å²) in [6.45, 7) is 3.48. The molecule has 0 unspecified atom stereocenters. The van der Waals surface area contributed by atoms with Crippen LogP contribution in [0, 0.1) is 0 Å². The first-order valence-electron chi connectivity index (χ1n) is 9.16. The highest BCUT2D eigenvalue weighted by atomic mass is 32.2. The van der Waals surface area contributed by atoms with Gasteiger partial charge in [-0.05, 0) is 18.4 Å². The first-order valence-corrected chi connectivity index (χ1v) is 10.4. The number of para-hydroxylation sites is 2. The van der Waals surface area contributed by atoms with Crippen molar-refractivity contribution < 1.29 is 14.3 Å². The molecule has 1 N–H and O–H groups in total. The predicted octanol–water partition coefficient (Wildman–Crippen LogP) is 0.976. The van der Waals surface area contributed by atoms with E-state index < -0.39 is 6.10 Å². The summed E-state index contributed by atoms with van der Waals surface area (Å²) in [5.74, 6) is 1.23. The molecule has 0 bridgehead atoms. The SMILES string of the molecule is CSc1nc(CN2CCN(C(=O)[C@@H]3COc4ccccc4O3)CC2)cc(=O)[nH]1. The van der Waals surface area contributed by atoms with Crippen LogP contribution in [0.3, 0.4) is 0 Å². The molecule has 1 saturated heterocycles. The van der Waals surface area contributed by atoms with Gasteiger partial charge < -0.3 is 19.4 Å². The zero-order valence-electron chi connectivity index (χ0n) is 15.6. The van der Waals surface area contributed by atoms with E-state index in [0.717, 1.165) is 18.8 Å². The Morgan fingerprint density at radius 3 is 2.75 bits per heavy atom. The van der Waals surface area contributed by atoms with Crippen LogP contribution in [-0.4, -0.2) is 70.8 Å². The lowest BCUT2D eigenvalue weighted by atomic mass is 10.2. The van der Waals surface area contributed by atoms with Crippen LogP contribution >= 0.6 is 11.8 Å². The summed E-state index contributed by atoms with van der Waals surface area (Å²) in [7, 11) is 0. The van der Waals surface area contributed by atoms with Crippen molar-refractivity contribution in [1.29, 1.82) is 0 Å². The molecule has 1 fully saturated rings. The monoisotopic (exact) mass is 402 g/mol. The van der Waals surface area contributed by atoms with Crippen molar-refractivity contribution in [2.24, 2.45) is 0 Å². The number of carbonyl (C=O) groups is 1. The van der Waals surface area contributed by atoms with E-state index in [1.54, 1.807) is 0 Å². The summed E-state index contributed by atoms with van der Waals surface area (Å²) in [5.41, 5.74) is 0.603. The number of aromatic nitrogens is 2. The Balaban J connectivity index is 1.32. The van der Waals surface area contributed by atoms with Gasteiger partial charge in [-0.15, -0.1) is 0 Å². The van der Waals surface area contributed by atoms with Crippen LogP contribution in [0.1, 0.15) is 5.69 Å². The molecule has 2 aromatic rings. The van der Waals surface area contributed by atoms with Crippen molar-refractivity contribution in [3.63, 3.8) is 0 Å². The second-order valence-electron chi connectivity index (χ2n) is 6.71. The minimum absolute atomic E-state index is 0.0481. The second kappa shape index (κ2) is 8.24. The Morgan fingerprint density at radius 2 is 2.00 bits per heavy atom. The van der Waals surface area contributed by atoms with Gasteiger partial charge in [-0.25, -0.2) is 4.98 Å². The average Bonchev–Trinajstić information content (AvgIpc) is 2.73. The van der Waals surface area contributed by atoms with E-state index in [-0.39, 0.29) is 18.1 Å². The molecule has 148 valence electrons. The first-order chi connectivity index (χ1) is 13.6. The molecule has 0 spiro atoms. The first kappa shape index (κ1) is 18.8. The maximum Gasteiger partial charge on any atom is 0.267 e. The summed E-state index contributed by atoms with van der Waals surface area (Å²) >= 11 is 1.41. The number of rotatable bonds is 4. The molecule has 1 aromatic carbocycles. The number of nitrogens with one attached hydrogen (secondary N) is 1. The van der Waals surface area contributed by atoms with E-state index in [0.29, 0.717) is 36.3 Å². The normalized spacial score (nSPS) is 19.5. The number of hydrogen-bond acceptors (Lipinski definition) is 7. The standard InChI is InChI=1S/C19H22N4O4S/c1-28-19-20-13(10-17(24)21-19)11-22-6-8-23(9-7-22)18(25)16-12-26-14-4-2-3-5-15(14)27-16/h2-5,10,16H,6-9,11-12H2,1H3,(H,20,21,24)/t16-/m0/s1. The molecule has 28 heavy (non-hydrogen) atoms. The number of H-pyrrole nitrogens is 1. The van der Waals surface area contributed by atoms with Gasteiger partial charge in [0.25, 0.3) is 11.5 Å². The highest BCUT2D eigenvalue weighted by molar-refractivity contribution is 7.98. The third kappa shape index (κ3) is 4.15. The molecule has 1 atom stereocenters. The van der Waals surface area contributed by atoms with Crippen molar-refractivity contribution in [3.8, 4) is 11.5 Å². The van der Waals surface area contributed by atoms with Crippen LogP contribution in [0.15, 0.2) is 40.3 Å². The zero-order chi connectivity index (χ0) is 19.5. The molecule has 0 radical (unpaired) electrons. The second-order valence-corrected chi connectivity index (χ2v) is 7.51.